The highest BCUT2D eigenvalue weighted by atomic mass is 35.5. The average Bonchev–Trinajstić information content (AvgIpc) is 2.75. The molecular formula is C13H13ClN2OS. The Bertz CT molecular complexity index is 553. The second-order valence-corrected chi connectivity index (χ2v) is 5.39. The second kappa shape index (κ2) is 5.98. The van der Waals surface area contributed by atoms with Gasteiger partial charge in [0.1, 0.15) is 5.69 Å². The van der Waals surface area contributed by atoms with E-state index in [-0.39, 0.29) is 5.91 Å². The lowest BCUT2D eigenvalue weighted by atomic mass is 10.1. The molecule has 2 aromatic rings. The Kier molecular flexibility index (Phi) is 4.33. The van der Waals surface area contributed by atoms with E-state index in [4.69, 9.17) is 11.6 Å². The lowest BCUT2D eigenvalue weighted by molar-refractivity contribution is 0.0949. The van der Waals surface area contributed by atoms with Crippen LogP contribution in [0.2, 0.25) is 5.02 Å². The zero-order valence-corrected chi connectivity index (χ0v) is 11.5. The predicted octanol–water partition coefficient (Wildman–Crippen LogP) is 3.08. The maximum absolute atomic E-state index is 11.8. The van der Waals surface area contributed by atoms with Crippen molar-refractivity contribution in [2.45, 2.75) is 13.3 Å². The minimum Gasteiger partial charge on any atom is -0.350 e. The number of halogens is 1. The van der Waals surface area contributed by atoms with Gasteiger partial charge in [0.25, 0.3) is 5.91 Å². The quantitative estimate of drug-likeness (QED) is 0.935. The highest BCUT2D eigenvalue weighted by Gasteiger charge is 2.10. The molecule has 2 rings (SSSR count). The molecule has 0 radical (unpaired) electrons. The van der Waals surface area contributed by atoms with E-state index in [1.54, 1.807) is 5.51 Å². The normalized spacial score (nSPS) is 10.3. The van der Waals surface area contributed by atoms with Gasteiger partial charge in [-0.3, -0.25) is 4.79 Å². The van der Waals surface area contributed by atoms with Crippen LogP contribution in [-0.4, -0.2) is 17.4 Å². The molecule has 1 aromatic heterocycles. The highest BCUT2D eigenvalue weighted by Crippen LogP contribution is 2.12. The van der Waals surface area contributed by atoms with Crippen LogP contribution in [0.25, 0.3) is 0 Å². The largest absolute Gasteiger partial charge is 0.350 e. The molecule has 94 valence electrons. The van der Waals surface area contributed by atoms with E-state index in [0.717, 1.165) is 16.9 Å². The van der Waals surface area contributed by atoms with Crippen molar-refractivity contribution >= 4 is 28.8 Å². The zero-order valence-electron chi connectivity index (χ0n) is 9.94. The Labute approximate surface area is 115 Å². The third-order valence-electron chi connectivity index (χ3n) is 2.55. The van der Waals surface area contributed by atoms with Crippen LogP contribution in [-0.2, 0) is 6.42 Å². The Morgan fingerprint density at radius 3 is 3.00 bits per heavy atom. The number of hydrogen-bond acceptors (Lipinski definition) is 3. The number of rotatable bonds is 4. The third kappa shape index (κ3) is 3.31. The van der Waals surface area contributed by atoms with E-state index in [2.05, 4.69) is 10.3 Å². The third-order valence-corrected chi connectivity index (χ3v) is 3.54. The van der Waals surface area contributed by atoms with Crippen LogP contribution in [0.5, 0.6) is 0 Å². The van der Waals surface area contributed by atoms with E-state index in [0.29, 0.717) is 17.3 Å². The van der Waals surface area contributed by atoms with Gasteiger partial charge in [-0.05, 0) is 31.0 Å². The number of thiazole rings is 1. The van der Waals surface area contributed by atoms with Crippen LogP contribution < -0.4 is 5.32 Å². The van der Waals surface area contributed by atoms with Gasteiger partial charge in [0.15, 0.2) is 0 Å². The minimum atomic E-state index is -0.115. The second-order valence-electron chi connectivity index (χ2n) is 3.89. The number of hydrogen-bond donors (Lipinski definition) is 1. The van der Waals surface area contributed by atoms with Crippen LogP contribution >= 0.6 is 22.9 Å². The molecule has 1 aromatic carbocycles. The Morgan fingerprint density at radius 2 is 2.33 bits per heavy atom. The fourth-order valence-corrected chi connectivity index (χ4v) is 2.41. The fourth-order valence-electron chi connectivity index (χ4n) is 1.62. The smallest absolute Gasteiger partial charge is 0.271 e. The summed E-state index contributed by atoms with van der Waals surface area (Å²) in [4.78, 5) is 16.8. The molecule has 0 bridgehead atoms. The molecular weight excluding hydrogens is 268 g/mol. The molecule has 1 amide bonds. The van der Waals surface area contributed by atoms with E-state index in [9.17, 15) is 4.79 Å². The molecule has 0 fully saturated rings. The van der Waals surface area contributed by atoms with Gasteiger partial charge in [0, 0.05) is 16.4 Å². The summed E-state index contributed by atoms with van der Waals surface area (Å²) >= 11 is 7.37. The number of aromatic nitrogens is 1. The Morgan fingerprint density at radius 1 is 1.50 bits per heavy atom. The first-order valence-corrected chi connectivity index (χ1v) is 6.85. The van der Waals surface area contributed by atoms with Gasteiger partial charge < -0.3 is 5.32 Å². The molecule has 18 heavy (non-hydrogen) atoms. The monoisotopic (exact) mass is 280 g/mol. The molecule has 0 aliphatic heterocycles. The number of nitrogens with zero attached hydrogens (tertiary/aromatic N) is 1. The van der Waals surface area contributed by atoms with Crippen molar-refractivity contribution < 1.29 is 4.79 Å². The van der Waals surface area contributed by atoms with E-state index in [1.165, 1.54) is 11.3 Å². The zero-order chi connectivity index (χ0) is 13.0. The summed E-state index contributed by atoms with van der Waals surface area (Å²) in [6, 6.07) is 7.64. The molecule has 0 aliphatic rings. The van der Waals surface area contributed by atoms with Gasteiger partial charge in [0.05, 0.1) is 5.51 Å². The minimum absolute atomic E-state index is 0.115. The maximum atomic E-state index is 11.8. The van der Waals surface area contributed by atoms with Gasteiger partial charge >= 0.3 is 0 Å². The summed E-state index contributed by atoms with van der Waals surface area (Å²) in [5.74, 6) is -0.115. The summed E-state index contributed by atoms with van der Waals surface area (Å²) in [5.41, 5.74) is 3.31. The molecule has 5 heteroatoms. The van der Waals surface area contributed by atoms with Gasteiger partial charge in [0.2, 0.25) is 0 Å². The maximum Gasteiger partial charge on any atom is 0.271 e. The average molecular weight is 281 g/mol. The molecule has 0 unspecified atom stereocenters. The molecule has 1 heterocycles. The lowest BCUT2D eigenvalue weighted by Gasteiger charge is -2.04. The first-order valence-electron chi connectivity index (χ1n) is 5.59. The number of aryl methyl sites for hydroxylation is 1. The fraction of sp³-hybridized carbons (Fsp3) is 0.231. The topological polar surface area (TPSA) is 42.0 Å². The molecule has 0 aliphatic carbocycles. The van der Waals surface area contributed by atoms with Crippen LogP contribution in [0.15, 0.2) is 29.8 Å². The first kappa shape index (κ1) is 13.1. The molecule has 0 spiro atoms. The Balaban J connectivity index is 1.86. The number of benzene rings is 1. The number of nitrogens with one attached hydrogen (secondary N) is 1. The molecule has 0 saturated carbocycles. The number of amides is 1. The number of carbonyl (C=O) groups excluding carboxylic acids is 1. The van der Waals surface area contributed by atoms with Crippen molar-refractivity contribution in [1.29, 1.82) is 0 Å². The van der Waals surface area contributed by atoms with E-state index >= 15 is 0 Å². The first-order chi connectivity index (χ1) is 8.66. The van der Waals surface area contributed by atoms with Gasteiger partial charge in [-0.25, -0.2) is 4.98 Å². The van der Waals surface area contributed by atoms with Gasteiger partial charge in [-0.2, -0.15) is 0 Å². The van der Waals surface area contributed by atoms with E-state index in [1.807, 2.05) is 31.2 Å². The van der Waals surface area contributed by atoms with Crippen molar-refractivity contribution in [2.24, 2.45) is 0 Å². The van der Waals surface area contributed by atoms with Crippen LogP contribution in [0.1, 0.15) is 20.9 Å². The lowest BCUT2D eigenvalue weighted by Crippen LogP contribution is -2.26. The molecule has 0 saturated heterocycles. The molecule has 0 atom stereocenters. The Hall–Kier alpha value is -1.39. The molecule has 3 nitrogen and oxygen atoms in total. The van der Waals surface area contributed by atoms with Crippen LogP contribution in [0.3, 0.4) is 0 Å². The van der Waals surface area contributed by atoms with Gasteiger partial charge in [-0.1, -0.05) is 23.7 Å². The van der Waals surface area contributed by atoms with E-state index < -0.39 is 0 Å². The standard InChI is InChI=1S/C13H13ClN2OS/c1-9-12(16-8-18-9)13(17)15-6-5-10-3-2-4-11(14)7-10/h2-4,7-8H,5-6H2,1H3,(H,15,17). The van der Waals surface area contributed by atoms with Crippen molar-refractivity contribution in [3.05, 3.63) is 50.9 Å². The van der Waals surface area contributed by atoms with Gasteiger partial charge in [-0.15, -0.1) is 11.3 Å². The summed E-state index contributed by atoms with van der Waals surface area (Å²) in [5, 5.41) is 3.57. The molecule has 1 N–H and O–H groups in total. The predicted molar refractivity (Wildman–Crippen MR) is 74.3 cm³/mol. The summed E-state index contributed by atoms with van der Waals surface area (Å²) in [7, 11) is 0. The SMILES string of the molecule is Cc1scnc1C(=O)NCCc1cccc(Cl)c1. The number of carbonyl (C=O) groups is 1. The van der Waals surface area contributed by atoms with Crippen LogP contribution in [0, 0.1) is 6.92 Å². The summed E-state index contributed by atoms with van der Waals surface area (Å²) in [6.07, 6.45) is 0.759. The summed E-state index contributed by atoms with van der Waals surface area (Å²) < 4.78 is 0. The van der Waals surface area contributed by atoms with Crippen LogP contribution in [0.4, 0.5) is 0 Å². The summed E-state index contributed by atoms with van der Waals surface area (Å²) in [6.45, 7) is 2.47. The van der Waals surface area contributed by atoms with Crippen molar-refractivity contribution in [3.63, 3.8) is 0 Å². The van der Waals surface area contributed by atoms with Crippen molar-refractivity contribution in [2.75, 3.05) is 6.54 Å². The highest BCUT2D eigenvalue weighted by molar-refractivity contribution is 7.09. The van der Waals surface area contributed by atoms with Crippen molar-refractivity contribution in [3.8, 4) is 0 Å². The van der Waals surface area contributed by atoms with Crippen molar-refractivity contribution in [1.82, 2.24) is 10.3 Å².